The van der Waals surface area contributed by atoms with Crippen LogP contribution in [0.5, 0.6) is 0 Å². The van der Waals surface area contributed by atoms with Crippen LogP contribution < -0.4 is 5.32 Å². The molecule has 1 fully saturated rings. The van der Waals surface area contributed by atoms with E-state index in [0.717, 1.165) is 11.1 Å². The van der Waals surface area contributed by atoms with E-state index in [4.69, 9.17) is 0 Å². The van der Waals surface area contributed by atoms with Crippen LogP contribution in [0.25, 0.3) is 0 Å². The van der Waals surface area contributed by atoms with Gasteiger partial charge in [0.25, 0.3) is 0 Å². The second kappa shape index (κ2) is 4.95. The summed E-state index contributed by atoms with van der Waals surface area (Å²) >= 11 is 0. The monoisotopic (exact) mass is 287 g/mol. The van der Waals surface area contributed by atoms with Crippen LogP contribution in [0.2, 0.25) is 0 Å². The molecule has 1 N–H and O–H groups in total. The van der Waals surface area contributed by atoms with Crippen molar-refractivity contribution in [2.24, 2.45) is 0 Å². The summed E-state index contributed by atoms with van der Waals surface area (Å²) in [6.07, 6.45) is 1.38. The second-order valence-corrected chi connectivity index (χ2v) is 5.53. The van der Waals surface area contributed by atoms with Gasteiger partial charge < -0.3 is 5.32 Å². The number of aryl methyl sites for hydroxylation is 1. The van der Waals surface area contributed by atoms with Crippen molar-refractivity contribution in [3.63, 3.8) is 0 Å². The molecule has 0 unspecified atom stereocenters. The number of rotatable bonds is 3. The fourth-order valence-corrected chi connectivity index (χ4v) is 2.52. The molecule has 2 aromatic carbocycles. The molecule has 0 bridgehead atoms. The van der Waals surface area contributed by atoms with E-state index in [-0.39, 0.29) is 17.4 Å². The van der Waals surface area contributed by atoms with E-state index in [2.05, 4.69) is 5.32 Å². The van der Waals surface area contributed by atoms with Gasteiger partial charge in [-0.05, 0) is 55.2 Å². The predicted octanol–water partition coefficient (Wildman–Crippen LogP) is 3.94. The fraction of sp³-hybridized carbons (Fsp3) is 0.235. The Morgan fingerprint density at radius 1 is 1.10 bits per heavy atom. The van der Waals surface area contributed by atoms with Gasteiger partial charge in [-0.25, -0.2) is 8.78 Å². The normalized spacial score (nSPS) is 15.6. The molecule has 108 valence electrons. The van der Waals surface area contributed by atoms with Crippen LogP contribution in [-0.2, 0) is 10.2 Å². The first kappa shape index (κ1) is 13.7. The lowest BCUT2D eigenvalue weighted by Gasteiger charge is -2.16. The molecule has 21 heavy (non-hydrogen) atoms. The van der Waals surface area contributed by atoms with Gasteiger partial charge in [-0.1, -0.05) is 18.2 Å². The van der Waals surface area contributed by atoms with Crippen LogP contribution in [0.15, 0.2) is 42.5 Å². The average Bonchev–Trinajstić information content (AvgIpc) is 3.25. The summed E-state index contributed by atoms with van der Waals surface area (Å²) in [4.78, 5) is 12.5. The summed E-state index contributed by atoms with van der Waals surface area (Å²) in [6, 6.07) is 10.5. The maximum absolute atomic E-state index is 13.7. The Hall–Kier alpha value is -2.23. The number of hydrogen-bond donors (Lipinski definition) is 1. The molecular weight excluding hydrogens is 272 g/mol. The van der Waals surface area contributed by atoms with Crippen molar-refractivity contribution in [2.75, 3.05) is 5.32 Å². The van der Waals surface area contributed by atoms with Gasteiger partial charge >= 0.3 is 0 Å². The van der Waals surface area contributed by atoms with Gasteiger partial charge in [0.1, 0.15) is 11.6 Å². The highest BCUT2D eigenvalue weighted by molar-refractivity contribution is 6.01. The predicted molar refractivity (Wildman–Crippen MR) is 77.1 cm³/mol. The van der Waals surface area contributed by atoms with E-state index in [0.29, 0.717) is 12.8 Å². The molecule has 0 heterocycles. The van der Waals surface area contributed by atoms with Crippen molar-refractivity contribution in [3.8, 4) is 0 Å². The quantitative estimate of drug-likeness (QED) is 0.910. The largest absolute Gasteiger partial charge is 0.323 e. The van der Waals surface area contributed by atoms with Crippen LogP contribution in [-0.4, -0.2) is 5.91 Å². The number of carbonyl (C=O) groups excluding carboxylic acids is 1. The van der Waals surface area contributed by atoms with Gasteiger partial charge in [0.05, 0.1) is 11.1 Å². The van der Waals surface area contributed by atoms with Crippen molar-refractivity contribution in [2.45, 2.75) is 25.2 Å². The van der Waals surface area contributed by atoms with Gasteiger partial charge in [-0.2, -0.15) is 0 Å². The molecular formula is C17H15F2NO. The molecule has 3 rings (SSSR count). The van der Waals surface area contributed by atoms with Crippen molar-refractivity contribution in [1.29, 1.82) is 0 Å². The number of carbonyl (C=O) groups is 1. The van der Waals surface area contributed by atoms with E-state index in [1.54, 1.807) is 24.3 Å². The standard InChI is InChI=1S/C17H15F2NO/c1-11-2-7-14(19)15(10-11)20-16(21)17(8-9-17)12-3-5-13(18)6-4-12/h2-7,10H,8-9H2,1H3,(H,20,21). The third-order valence-electron chi connectivity index (χ3n) is 3.95. The molecule has 0 spiro atoms. The molecule has 1 saturated carbocycles. The van der Waals surface area contributed by atoms with E-state index in [1.165, 1.54) is 18.2 Å². The van der Waals surface area contributed by atoms with Gasteiger partial charge in [-0.15, -0.1) is 0 Å². The third-order valence-corrected chi connectivity index (χ3v) is 3.95. The summed E-state index contributed by atoms with van der Waals surface area (Å²) in [5.41, 5.74) is 1.19. The van der Waals surface area contributed by atoms with Crippen molar-refractivity contribution in [1.82, 2.24) is 0 Å². The molecule has 0 atom stereocenters. The lowest BCUT2D eigenvalue weighted by molar-refractivity contribution is -0.118. The number of hydrogen-bond acceptors (Lipinski definition) is 1. The maximum Gasteiger partial charge on any atom is 0.235 e. The lowest BCUT2D eigenvalue weighted by Crippen LogP contribution is -2.28. The summed E-state index contributed by atoms with van der Waals surface area (Å²) in [7, 11) is 0. The van der Waals surface area contributed by atoms with E-state index in [1.807, 2.05) is 6.92 Å². The maximum atomic E-state index is 13.7. The van der Waals surface area contributed by atoms with Gasteiger partial charge in [-0.3, -0.25) is 4.79 Å². The molecule has 2 nitrogen and oxygen atoms in total. The Bertz CT molecular complexity index is 690. The third kappa shape index (κ3) is 2.53. The molecule has 4 heteroatoms. The van der Waals surface area contributed by atoms with Gasteiger partial charge in [0.15, 0.2) is 0 Å². The molecule has 1 amide bonds. The topological polar surface area (TPSA) is 29.1 Å². The molecule has 0 saturated heterocycles. The Kier molecular flexibility index (Phi) is 3.24. The summed E-state index contributed by atoms with van der Waals surface area (Å²) < 4.78 is 26.7. The zero-order valence-corrected chi connectivity index (χ0v) is 11.6. The van der Waals surface area contributed by atoms with E-state index < -0.39 is 11.2 Å². The van der Waals surface area contributed by atoms with Gasteiger partial charge in [0, 0.05) is 0 Å². The molecule has 1 aliphatic carbocycles. The number of halogens is 2. The minimum atomic E-state index is -0.649. The summed E-state index contributed by atoms with van der Waals surface area (Å²) in [5.74, 6) is -1.03. The van der Waals surface area contributed by atoms with Crippen LogP contribution in [0, 0.1) is 18.6 Å². The van der Waals surface area contributed by atoms with Crippen LogP contribution >= 0.6 is 0 Å². The lowest BCUT2D eigenvalue weighted by atomic mass is 9.95. The Labute approximate surface area is 121 Å². The first-order valence-corrected chi connectivity index (χ1v) is 6.85. The van der Waals surface area contributed by atoms with Crippen LogP contribution in [0.1, 0.15) is 24.0 Å². The molecule has 2 aromatic rings. The zero-order valence-electron chi connectivity index (χ0n) is 11.6. The first-order valence-electron chi connectivity index (χ1n) is 6.85. The van der Waals surface area contributed by atoms with Crippen LogP contribution in [0.3, 0.4) is 0 Å². The summed E-state index contributed by atoms with van der Waals surface area (Å²) in [6.45, 7) is 1.84. The highest BCUT2D eigenvalue weighted by Gasteiger charge is 2.51. The second-order valence-electron chi connectivity index (χ2n) is 5.53. The molecule has 0 radical (unpaired) electrons. The van der Waals surface area contributed by atoms with Crippen molar-refractivity contribution < 1.29 is 13.6 Å². The zero-order chi connectivity index (χ0) is 15.0. The highest BCUT2D eigenvalue weighted by Crippen LogP contribution is 2.49. The van der Waals surface area contributed by atoms with E-state index >= 15 is 0 Å². The first-order chi connectivity index (χ1) is 10.0. The van der Waals surface area contributed by atoms with Gasteiger partial charge in [0.2, 0.25) is 5.91 Å². The number of anilines is 1. The molecule has 0 aliphatic heterocycles. The number of nitrogens with one attached hydrogen (secondary N) is 1. The Balaban J connectivity index is 1.85. The SMILES string of the molecule is Cc1ccc(F)c(NC(=O)C2(c3ccc(F)cc3)CC2)c1. The fourth-order valence-electron chi connectivity index (χ4n) is 2.52. The minimum absolute atomic E-state index is 0.188. The number of amides is 1. The van der Waals surface area contributed by atoms with Crippen molar-refractivity contribution >= 4 is 11.6 Å². The minimum Gasteiger partial charge on any atom is -0.323 e. The molecule has 0 aromatic heterocycles. The number of benzene rings is 2. The smallest absolute Gasteiger partial charge is 0.235 e. The average molecular weight is 287 g/mol. The van der Waals surface area contributed by atoms with Crippen molar-refractivity contribution in [3.05, 3.63) is 65.2 Å². The van der Waals surface area contributed by atoms with E-state index in [9.17, 15) is 13.6 Å². The van der Waals surface area contributed by atoms with Crippen LogP contribution in [0.4, 0.5) is 14.5 Å². The molecule has 1 aliphatic rings. The summed E-state index contributed by atoms with van der Waals surface area (Å²) in [5, 5.41) is 2.66. The highest BCUT2D eigenvalue weighted by atomic mass is 19.1. The Morgan fingerprint density at radius 3 is 2.38 bits per heavy atom. The Morgan fingerprint density at radius 2 is 1.76 bits per heavy atom.